The van der Waals surface area contributed by atoms with Gasteiger partial charge in [0.15, 0.2) is 0 Å². The summed E-state index contributed by atoms with van der Waals surface area (Å²) in [6, 6.07) is 8.03. The van der Waals surface area contributed by atoms with Crippen molar-refractivity contribution in [1.29, 1.82) is 0 Å². The first-order valence-corrected chi connectivity index (χ1v) is 7.20. The predicted octanol–water partition coefficient (Wildman–Crippen LogP) is 3.35. The Balaban J connectivity index is 2.34. The zero-order valence-electron chi connectivity index (χ0n) is 12.3. The number of para-hydroxylation sites is 1. The number of fused-ring (bicyclic) bond motifs is 1. The van der Waals surface area contributed by atoms with Gasteiger partial charge in [-0.3, -0.25) is 9.48 Å². The molecule has 4 nitrogen and oxygen atoms in total. The minimum atomic E-state index is -0.728. The smallest absolute Gasteiger partial charge is 0.306 e. The largest absolute Gasteiger partial charge is 0.481 e. The van der Waals surface area contributed by atoms with Gasteiger partial charge in [0.25, 0.3) is 0 Å². The molecule has 0 amide bonds. The van der Waals surface area contributed by atoms with Crippen molar-refractivity contribution in [3.63, 3.8) is 0 Å². The molecule has 20 heavy (non-hydrogen) atoms. The van der Waals surface area contributed by atoms with Crippen LogP contribution in [0.15, 0.2) is 24.3 Å². The summed E-state index contributed by atoms with van der Waals surface area (Å²) in [6.07, 6.45) is 1.18. The van der Waals surface area contributed by atoms with E-state index in [1.54, 1.807) is 0 Å². The topological polar surface area (TPSA) is 55.1 Å². The lowest BCUT2D eigenvalue weighted by Crippen LogP contribution is -2.19. The van der Waals surface area contributed by atoms with Crippen LogP contribution in [0.5, 0.6) is 0 Å². The first-order chi connectivity index (χ1) is 9.52. The van der Waals surface area contributed by atoms with Crippen molar-refractivity contribution in [1.82, 2.24) is 9.78 Å². The van der Waals surface area contributed by atoms with Crippen LogP contribution in [0.3, 0.4) is 0 Å². The molecule has 2 aromatic rings. The number of carboxylic acids is 1. The average molecular weight is 274 g/mol. The molecule has 0 radical (unpaired) electrons. The molecule has 2 rings (SSSR count). The number of benzene rings is 1. The molecular weight excluding hydrogens is 252 g/mol. The van der Waals surface area contributed by atoms with E-state index in [1.807, 2.05) is 35.9 Å². The lowest BCUT2D eigenvalue weighted by Gasteiger charge is -2.13. The van der Waals surface area contributed by atoms with Crippen molar-refractivity contribution in [2.75, 3.05) is 0 Å². The van der Waals surface area contributed by atoms with E-state index in [1.165, 1.54) is 0 Å². The Hall–Kier alpha value is -1.84. The van der Waals surface area contributed by atoms with Gasteiger partial charge in [-0.2, -0.15) is 5.10 Å². The highest BCUT2D eigenvalue weighted by Crippen LogP contribution is 2.24. The number of aryl methyl sites for hydroxylation is 1. The third kappa shape index (κ3) is 3.00. The minimum absolute atomic E-state index is 0.362. The van der Waals surface area contributed by atoms with Gasteiger partial charge in [0.05, 0.1) is 17.1 Å². The molecule has 0 aliphatic heterocycles. The van der Waals surface area contributed by atoms with Crippen LogP contribution in [0.2, 0.25) is 0 Å². The zero-order valence-corrected chi connectivity index (χ0v) is 12.3. The quantitative estimate of drug-likeness (QED) is 0.879. The lowest BCUT2D eigenvalue weighted by atomic mass is 9.92. The summed E-state index contributed by atoms with van der Waals surface area (Å²) >= 11 is 0. The van der Waals surface area contributed by atoms with Crippen molar-refractivity contribution in [3.05, 3.63) is 30.0 Å². The maximum absolute atomic E-state index is 11.4. The molecule has 1 aromatic carbocycles. The highest BCUT2D eigenvalue weighted by Gasteiger charge is 2.22. The fraction of sp³-hybridized carbons (Fsp3) is 0.500. The van der Waals surface area contributed by atoms with Crippen LogP contribution in [0, 0.1) is 11.8 Å². The molecule has 0 aliphatic rings. The molecule has 1 heterocycles. The van der Waals surface area contributed by atoms with E-state index in [0.717, 1.165) is 23.1 Å². The molecule has 108 valence electrons. The second-order valence-electron chi connectivity index (χ2n) is 5.65. The van der Waals surface area contributed by atoms with Crippen molar-refractivity contribution in [3.8, 4) is 0 Å². The minimum Gasteiger partial charge on any atom is -0.481 e. The van der Waals surface area contributed by atoms with Crippen LogP contribution in [0.25, 0.3) is 10.9 Å². The van der Waals surface area contributed by atoms with E-state index in [0.29, 0.717) is 18.8 Å². The number of nitrogens with zero attached hydrogens (tertiary/aromatic N) is 2. The van der Waals surface area contributed by atoms with Crippen LogP contribution < -0.4 is 0 Å². The molecule has 0 spiro atoms. The van der Waals surface area contributed by atoms with Crippen LogP contribution in [-0.2, 0) is 17.8 Å². The summed E-state index contributed by atoms with van der Waals surface area (Å²) in [6.45, 7) is 6.95. The summed E-state index contributed by atoms with van der Waals surface area (Å²) < 4.78 is 1.94. The van der Waals surface area contributed by atoms with Crippen LogP contribution in [0.1, 0.15) is 32.9 Å². The Morgan fingerprint density at radius 1 is 1.35 bits per heavy atom. The Morgan fingerprint density at radius 3 is 2.65 bits per heavy atom. The number of carbonyl (C=O) groups is 1. The highest BCUT2D eigenvalue weighted by atomic mass is 16.4. The van der Waals surface area contributed by atoms with Gasteiger partial charge < -0.3 is 5.11 Å². The zero-order chi connectivity index (χ0) is 14.7. The number of carboxylic acid groups (broad SMARTS) is 1. The molecule has 1 N–H and O–H groups in total. The van der Waals surface area contributed by atoms with Crippen molar-refractivity contribution < 1.29 is 9.90 Å². The average Bonchev–Trinajstić information content (AvgIpc) is 2.76. The van der Waals surface area contributed by atoms with Gasteiger partial charge >= 0.3 is 5.97 Å². The third-order valence-electron chi connectivity index (χ3n) is 3.58. The molecule has 0 saturated carbocycles. The maximum atomic E-state index is 11.4. The van der Waals surface area contributed by atoms with Crippen molar-refractivity contribution in [2.45, 2.75) is 40.2 Å². The number of hydrogen-bond donors (Lipinski definition) is 1. The summed E-state index contributed by atoms with van der Waals surface area (Å²) in [7, 11) is 0. The molecule has 0 fully saturated rings. The molecule has 1 atom stereocenters. The normalized spacial score (nSPS) is 13.0. The Bertz CT molecular complexity index is 602. The van der Waals surface area contributed by atoms with Crippen LogP contribution >= 0.6 is 0 Å². The van der Waals surface area contributed by atoms with Gasteiger partial charge in [-0.25, -0.2) is 0 Å². The monoisotopic (exact) mass is 274 g/mol. The Labute approximate surface area is 119 Å². The molecule has 0 aliphatic carbocycles. The number of hydrogen-bond acceptors (Lipinski definition) is 2. The van der Waals surface area contributed by atoms with E-state index in [4.69, 9.17) is 0 Å². The lowest BCUT2D eigenvalue weighted by molar-refractivity contribution is -0.142. The van der Waals surface area contributed by atoms with Crippen molar-refractivity contribution >= 4 is 16.9 Å². The summed E-state index contributed by atoms with van der Waals surface area (Å²) in [4.78, 5) is 11.4. The number of aliphatic carboxylic acids is 1. The maximum Gasteiger partial charge on any atom is 0.306 e. The summed E-state index contributed by atoms with van der Waals surface area (Å²) in [5.41, 5.74) is 1.98. The molecule has 4 heteroatoms. The van der Waals surface area contributed by atoms with Gasteiger partial charge in [-0.1, -0.05) is 32.0 Å². The van der Waals surface area contributed by atoms with E-state index in [9.17, 15) is 9.90 Å². The third-order valence-corrected chi connectivity index (χ3v) is 3.58. The fourth-order valence-corrected chi connectivity index (χ4v) is 2.66. The molecule has 1 aromatic heterocycles. The van der Waals surface area contributed by atoms with E-state index < -0.39 is 5.97 Å². The van der Waals surface area contributed by atoms with E-state index in [2.05, 4.69) is 18.9 Å². The second-order valence-corrected chi connectivity index (χ2v) is 5.65. The first-order valence-electron chi connectivity index (χ1n) is 7.20. The second kappa shape index (κ2) is 6.07. The number of aromatic nitrogens is 2. The van der Waals surface area contributed by atoms with Crippen molar-refractivity contribution in [2.24, 2.45) is 11.8 Å². The Kier molecular flexibility index (Phi) is 4.42. The molecule has 0 saturated heterocycles. The van der Waals surface area contributed by atoms with Gasteiger partial charge in [0, 0.05) is 18.4 Å². The van der Waals surface area contributed by atoms with E-state index >= 15 is 0 Å². The number of rotatable bonds is 6. The predicted molar refractivity (Wildman–Crippen MR) is 79.7 cm³/mol. The van der Waals surface area contributed by atoms with Crippen LogP contribution in [0.4, 0.5) is 0 Å². The Morgan fingerprint density at radius 2 is 2.05 bits per heavy atom. The standard InChI is InChI=1S/C16H22N2O2/c1-4-18-15-8-6-5-7-13(15)14(17-18)10-12(16(19)20)9-11(2)3/h5-8,11-12H,4,9-10H2,1-3H3,(H,19,20). The fourth-order valence-electron chi connectivity index (χ4n) is 2.66. The molecule has 0 bridgehead atoms. The van der Waals surface area contributed by atoms with Crippen LogP contribution in [-0.4, -0.2) is 20.9 Å². The summed E-state index contributed by atoms with van der Waals surface area (Å²) in [5, 5.41) is 15.0. The molecular formula is C16H22N2O2. The first kappa shape index (κ1) is 14.6. The highest BCUT2D eigenvalue weighted by molar-refractivity contribution is 5.82. The summed E-state index contributed by atoms with van der Waals surface area (Å²) in [5.74, 6) is -0.719. The van der Waals surface area contributed by atoms with Gasteiger partial charge in [0.2, 0.25) is 0 Å². The van der Waals surface area contributed by atoms with Gasteiger partial charge in [-0.05, 0) is 25.3 Å². The van der Waals surface area contributed by atoms with E-state index in [-0.39, 0.29) is 5.92 Å². The molecule has 1 unspecified atom stereocenters. The van der Waals surface area contributed by atoms with Gasteiger partial charge in [0.1, 0.15) is 0 Å². The van der Waals surface area contributed by atoms with Gasteiger partial charge in [-0.15, -0.1) is 0 Å². The SMILES string of the molecule is CCn1nc(CC(CC(C)C)C(=O)O)c2ccccc21.